The monoisotopic (exact) mass is 576 g/mol. The maximum atomic E-state index is 8.89. The number of aryl methyl sites for hydroxylation is 2. The predicted octanol–water partition coefficient (Wildman–Crippen LogP) is 10.1. The SMILES string of the molecule is Cc1cc(N=Nc2ccc(N3CCCC3)s2)ccc1N=Nc1ccc(N=Nc2ncc(C=C(C#N)C#N)s2)c(C)c1. The molecule has 0 unspecified atom stereocenters. The molecule has 0 saturated carbocycles. The number of hydrogen-bond donors (Lipinski definition) is 0. The molecular formula is C29H24N10S2. The summed E-state index contributed by atoms with van der Waals surface area (Å²) in [6.45, 7) is 6.12. The van der Waals surface area contributed by atoms with Crippen LogP contribution in [-0.2, 0) is 0 Å². The zero-order chi connectivity index (χ0) is 28.6. The second kappa shape index (κ2) is 13.0. The lowest BCUT2D eigenvalue weighted by Gasteiger charge is -2.13. The van der Waals surface area contributed by atoms with Crippen LogP contribution in [0, 0.1) is 36.5 Å². The van der Waals surface area contributed by atoms with E-state index in [4.69, 9.17) is 10.5 Å². The molecule has 10 nitrogen and oxygen atoms in total. The Morgan fingerprint density at radius 1 is 0.805 bits per heavy atom. The van der Waals surface area contributed by atoms with Gasteiger partial charge in [0.15, 0.2) is 0 Å². The summed E-state index contributed by atoms with van der Waals surface area (Å²) in [6.07, 6.45) is 5.52. The summed E-state index contributed by atoms with van der Waals surface area (Å²) < 4.78 is 0. The average molecular weight is 577 g/mol. The van der Waals surface area contributed by atoms with Crippen molar-refractivity contribution in [2.75, 3.05) is 18.0 Å². The molecule has 1 aliphatic heterocycles. The summed E-state index contributed by atoms with van der Waals surface area (Å²) in [5, 5.41) is 46.5. The normalized spacial score (nSPS) is 13.3. The second-order valence-electron chi connectivity index (χ2n) is 9.17. The summed E-state index contributed by atoms with van der Waals surface area (Å²) in [6, 6.07) is 19.0. The molecule has 0 bridgehead atoms. The van der Waals surface area contributed by atoms with Gasteiger partial charge in [-0.2, -0.15) is 20.8 Å². The van der Waals surface area contributed by atoms with E-state index in [1.165, 1.54) is 35.3 Å². The Morgan fingerprint density at radius 2 is 1.44 bits per heavy atom. The third-order valence-corrected chi connectivity index (χ3v) is 8.03. The smallest absolute Gasteiger partial charge is 0.230 e. The van der Waals surface area contributed by atoms with Crippen LogP contribution in [0.3, 0.4) is 0 Å². The van der Waals surface area contributed by atoms with Gasteiger partial charge in [0.25, 0.3) is 0 Å². The van der Waals surface area contributed by atoms with Crippen molar-refractivity contribution in [1.82, 2.24) is 4.98 Å². The number of aromatic nitrogens is 1. The minimum atomic E-state index is 0.00907. The van der Waals surface area contributed by atoms with Crippen molar-refractivity contribution in [2.45, 2.75) is 26.7 Å². The molecule has 1 aliphatic rings. The predicted molar refractivity (Wildman–Crippen MR) is 162 cm³/mol. The van der Waals surface area contributed by atoms with Crippen LogP contribution in [0.15, 0.2) is 91.0 Å². The lowest BCUT2D eigenvalue weighted by atomic mass is 10.2. The first-order valence-electron chi connectivity index (χ1n) is 12.8. The van der Waals surface area contributed by atoms with Crippen LogP contribution in [-0.4, -0.2) is 18.1 Å². The highest BCUT2D eigenvalue weighted by Gasteiger charge is 2.14. The van der Waals surface area contributed by atoms with E-state index in [0.717, 1.165) is 40.6 Å². The number of thiazole rings is 1. The Hall–Kier alpha value is -4.91. The van der Waals surface area contributed by atoms with Gasteiger partial charge in [-0.05, 0) is 92.4 Å². The zero-order valence-electron chi connectivity index (χ0n) is 22.4. The number of azo groups is 3. The zero-order valence-corrected chi connectivity index (χ0v) is 24.0. The van der Waals surface area contributed by atoms with Gasteiger partial charge in [-0.3, -0.25) is 0 Å². The van der Waals surface area contributed by atoms with Crippen molar-refractivity contribution in [1.29, 1.82) is 10.5 Å². The Labute approximate surface area is 245 Å². The number of allylic oxidation sites excluding steroid dienone is 1. The van der Waals surface area contributed by atoms with Crippen molar-refractivity contribution in [3.63, 3.8) is 0 Å². The van der Waals surface area contributed by atoms with Crippen molar-refractivity contribution in [3.05, 3.63) is 76.3 Å². The molecule has 0 spiro atoms. The lowest BCUT2D eigenvalue weighted by molar-refractivity contribution is 0.949. The topological polar surface area (TPSA) is 138 Å². The maximum Gasteiger partial charge on any atom is 0.230 e. The molecule has 0 aliphatic carbocycles. The minimum absolute atomic E-state index is 0.00907. The molecule has 5 rings (SSSR count). The average Bonchev–Trinajstić information content (AvgIpc) is 3.76. The molecule has 1 fully saturated rings. The number of benzene rings is 2. The molecule has 4 aromatic rings. The van der Waals surface area contributed by atoms with E-state index in [-0.39, 0.29) is 5.57 Å². The van der Waals surface area contributed by atoms with E-state index in [0.29, 0.717) is 21.4 Å². The highest BCUT2D eigenvalue weighted by Crippen LogP contribution is 2.35. The van der Waals surface area contributed by atoms with Crippen molar-refractivity contribution >= 4 is 66.6 Å². The molecule has 0 amide bonds. The van der Waals surface area contributed by atoms with E-state index in [2.05, 4.69) is 46.6 Å². The quantitative estimate of drug-likeness (QED) is 0.152. The molecule has 2 aromatic carbocycles. The first-order chi connectivity index (χ1) is 20.0. The van der Waals surface area contributed by atoms with Gasteiger partial charge in [-0.25, -0.2) is 4.98 Å². The van der Waals surface area contributed by atoms with Crippen LogP contribution in [0.4, 0.5) is 37.9 Å². The third kappa shape index (κ3) is 7.19. The maximum absolute atomic E-state index is 8.89. The van der Waals surface area contributed by atoms with Crippen LogP contribution < -0.4 is 4.90 Å². The lowest BCUT2D eigenvalue weighted by Crippen LogP contribution is -2.15. The molecular weight excluding hydrogens is 553 g/mol. The fraction of sp³-hybridized carbons (Fsp3) is 0.207. The fourth-order valence-electron chi connectivity index (χ4n) is 4.04. The summed E-state index contributed by atoms with van der Waals surface area (Å²) in [5.41, 5.74) is 4.73. The highest BCUT2D eigenvalue weighted by molar-refractivity contribution is 7.19. The standard InChI is InChI=1S/C29H24N10S2/c1-19-14-23(34-37-27-9-10-28(41-27)39-11-3-4-12-39)6-7-25(19)35-33-22-5-8-26(20(2)13-22)36-38-29-32-18-24(40-29)15-21(16-30)17-31/h5-10,13-15,18H,3-4,11-12H2,1-2H3. The van der Waals surface area contributed by atoms with Gasteiger partial charge in [0.2, 0.25) is 5.13 Å². The van der Waals surface area contributed by atoms with E-state index in [9.17, 15) is 0 Å². The van der Waals surface area contributed by atoms with Gasteiger partial charge >= 0.3 is 0 Å². The second-order valence-corrected chi connectivity index (χ2v) is 11.3. The molecule has 12 heteroatoms. The van der Waals surface area contributed by atoms with Crippen molar-refractivity contribution < 1.29 is 0 Å². The van der Waals surface area contributed by atoms with Crippen LogP contribution >= 0.6 is 22.7 Å². The highest BCUT2D eigenvalue weighted by atomic mass is 32.1. The van der Waals surface area contributed by atoms with Gasteiger partial charge in [0, 0.05) is 19.3 Å². The fourth-order valence-corrected chi connectivity index (χ4v) is 5.60. The Bertz CT molecular complexity index is 1740. The molecule has 1 saturated heterocycles. The minimum Gasteiger partial charge on any atom is -0.363 e. The summed E-state index contributed by atoms with van der Waals surface area (Å²) >= 11 is 2.90. The first kappa shape index (κ1) is 27.6. The molecule has 0 N–H and O–H groups in total. The van der Waals surface area contributed by atoms with Crippen LogP contribution in [0.2, 0.25) is 0 Å². The van der Waals surface area contributed by atoms with Crippen molar-refractivity contribution in [2.24, 2.45) is 30.7 Å². The molecule has 41 heavy (non-hydrogen) atoms. The molecule has 202 valence electrons. The summed E-state index contributed by atoms with van der Waals surface area (Å²) in [4.78, 5) is 7.22. The van der Waals surface area contributed by atoms with E-state index in [1.54, 1.807) is 17.5 Å². The largest absolute Gasteiger partial charge is 0.363 e. The van der Waals surface area contributed by atoms with E-state index >= 15 is 0 Å². The van der Waals surface area contributed by atoms with Gasteiger partial charge in [-0.1, -0.05) is 22.7 Å². The molecule has 0 atom stereocenters. The first-order valence-corrected chi connectivity index (χ1v) is 14.4. The molecule has 0 radical (unpaired) electrons. The number of rotatable bonds is 8. The van der Waals surface area contributed by atoms with E-state index < -0.39 is 0 Å². The Balaban J connectivity index is 1.21. The number of hydrogen-bond acceptors (Lipinski definition) is 12. The number of nitriles is 2. The summed E-state index contributed by atoms with van der Waals surface area (Å²) in [7, 11) is 0. The van der Waals surface area contributed by atoms with Crippen molar-refractivity contribution in [3.8, 4) is 12.1 Å². The van der Waals surface area contributed by atoms with Crippen LogP contribution in [0.5, 0.6) is 0 Å². The van der Waals surface area contributed by atoms with E-state index in [1.807, 2.05) is 68.5 Å². The Kier molecular flexibility index (Phi) is 8.74. The number of nitrogens with zero attached hydrogens (tertiary/aromatic N) is 10. The number of thiophene rings is 1. The molecule has 3 heterocycles. The number of anilines is 1. The van der Waals surface area contributed by atoms with Gasteiger partial charge in [0.05, 0.1) is 32.6 Å². The van der Waals surface area contributed by atoms with Crippen LogP contribution in [0.1, 0.15) is 28.8 Å². The Morgan fingerprint density at radius 3 is 2.07 bits per heavy atom. The van der Waals surface area contributed by atoms with Gasteiger partial charge < -0.3 is 4.90 Å². The molecule has 2 aromatic heterocycles. The van der Waals surface area contributed by atoms with Gasteiger partial charge in [0.1, 0.15) is 22.7 Å². The third-order valence-electron chi connectivity index (χ3n) is 6.18. The summed E-state index contributed by atoms with van der Waals surface area (Å²) in [5.74, 6) is 0. The van der Waals surface area contributed by atoms with Gasteiger partial charge in [-0.15, -0.1) is 20.5 Å². The van der Waals surface area contributed by atoms with Crippen LogP contribution in [0.25, 0.3) is 6.08 Å².